The van der Waals surface area contributed by atoms with Crippen molar-refractivity contribution in [3.8, 4) is 17.2 Å². The first-order valence-corrected chi connectivity index (χ1v) is 11.9. The molecule has 1 aromatic heterocycles. The Labute approximate surface area is 211 Å². The number of nitrogens with one attached hydrogen (secondary N) is 2. The molecule has 1 heterocycles. The Kier molecular flexibility index (Phi) is 8.30. The number of carbonyl (C=O) groups is 2. The summed E-state index contributed by atoms with van der Waals surface area (Å²) in [5, 5.41) is 5.81. The monoisotopic (exact) mass is 509 g/mol. The van der Waals surface area contributed by atoms with E-state index in [9.17, 15) is 14.0 Å². The maximum atomic E-state index is 13.0. The Morgan fingerprint density at radius 3 is 2.53 bits per heavy atom. The van der Waals surface area contributed by atoms with Gasteiger partial charge in [0.15, 0.2) is 23.1 Å². The fourth-order valence-corrected chi connectivity index (χ4v) is 4.15. The number of aromatic nitrogens is 1. The maximum Gasteiger partial charge on any atom is 0.280 e. The van der Waals surface area contributed by atoms with Crippen LogP contribution < -0.4 is 24.8 Å². The van der Waals surface area contributed by atoms with E-state index in [1.807, 2.05) is 12.1 Å². The predicted molar refractivity (Wildman–Crippen MR) is 134 cm³/mol. The molecule has 3 aromatic carbocycles. The molecule has 0 fully saturated rings. The molecule has 2 amide bonds. The Balaban J connectivity index is 1.23. The lowest BCUT2D eigenvalue weighted by Gasteiger charge is -2.11. The molecular formula is C26H24FN3O5S. The van der Waals surface area contributed by atoms with Gasteiger partial charge in [-0.05, 0) is 48.0 Å². The largest absolute Gasteiger partial charge is 0.493 e. The van der Waals surface area contributed by atoms with Crippen molar-refractivity contribution >= 4 is 33.4 Å². The Hall–Kier alpha value is -4.18. The number of hydrogen-bond acceptors (Lipinski definition) is 7. The number of nitrogens with zero attached hydrogens (tertiary/aromatic N) is 1. The highest BCUT2D eigenvalue weighted by atomic mass is 32.1. The van der Waals surface area contributed by atoms with E-state index in [1.165, 1.54) is 23.5 Å². The summed E-state index contributed by atoms with van der Waals surface area (Å²) in [5.41, 5.74) is 1.43. The highest BCUT2D eigenvalue weighted by molar-refractivity contribution is 7.20. The fraction of sp³-hybridized carbons (Fsp3) is 0.192. The van der Waals surface area contributed by atoms with Crippen molar-refractivity contribution in [2.75, 3.05) is 26.9 Å². The Morgan fingerprint density at radius 2 is 1.75 bits per heavy atom. The number of rotatable bonds is 11. The van der Waals surface area contributed by atoms with Crippen LogP contribution in [-0.4, -0.2) is 43.7 Å². The van der Waals surface area contributed by atoms with E-state index < -0.39 is 0 Å². The second-order valence-corrected chi connectivity index (χ2v) is 8.63. The van der Waals surface area contributed by atoms with Crippen LogP contribution in [0.25, 0.3) is 10.2 Å². The minimum absolute atomic E-state index is 0.163. The minimum Gasteiger partial charge on any atom is -0.493 e. The minimum atomic E-state index is -0.329. The molecule has 0 bridgehead atoms. The molecule has 0 atom stereocenters. The third kappa shape index (κ3) is 6.70. The molecule has 0 aliphatic rings. The van der Waals surface area contributed by atoms with Crippen molar-refractivity contribution in [3.63, 3.8) is 0 Å². The smallest absolute Gasteiger partial charge is 0.280 e. The molecule has 4 aromatic rings. The van der Waals surface area contributed by atoms with Crippen LogP contribution in [0.4, 0.5) is 4.39 Å². The fourth-order valence-electron chi connectivity index (χ4n) is 3.24. The Morgan fingerprint density at radius 1 is 0.972 bits per heavy atom. The molecule has 0 radical (unpaired) electrons. The number of hydrogen-bond donors (Lipinski definition) is 2. The predicted octanol–water partition coefficient (Wildman–Crippen LogP) is 3.95. The van der Waals surface area contributed by atoms with Gasteiger partial charge in [-0.25, -0.2) is 9.37 Å². The molecule has 2 N–H and O–H groups in total. The van der Waals surface area contributed by atoms with Crippen LogP contribution in [0, 0.1) is 5.82 Å². The molecule has 10 heteroatoms. The molecule has 186 valence electrons. The van der Waals surface area contributed by atoms with Crippen molar-refractivity contribution in [1.29, 1.82) is 0 Å². The van der Waals surface area contributed by atoms with Crippen molar-refractivity contribution < 1.29 is 28.2 Å². The normalized spacial score (nSPS) is 10.6. The average molecular weight is 510 g/mol. The number of carbonyl (C=O) groups excluding carboxylic acids is 2. The highest BCUT2D eigenvalue weighted by Gasteiger charge is 2.13. The average Bonchev–Trinajstić information content (AvgIpc) is 3.33. The summed E-state index contributed by atoms with van der Waals surface area (Å²) >= 11 is 1.22. The summed E-state index contributed by atoms with van der Waals surface area (Å²) in [7, 11) is 1.57. The quantitative estimate of drug-likeness (QED) is 0.297. The highest BCUT2D eigenvalue weighted by Crippen LogP contribution is 2.27. The zero-order valence-corrected chi connectivity index (χ0v) is 20.3. The van der Waals surface area contributed by atoms with Crippen LogP contribution in [0.3, 0.4) is 0 Å². The van der Waals surface area contributed by atoms with E-state index in [1.54, 1.807) is 49.6 Å². The van der Waals surface area contributed by atoms with Gasteiger partial charge in [-0.15, -0.1) is 11.3 Å². The molecule has 0 spiro atoms. The van der Waals surface area contributed by atoms with E-state index >= 15 is 0 Å². The molecule has 0 saturated heterocycles. The van der Waals surface area contributed by atoms with E-state index in [4.69, 9.17) is 14.2 Å². The lowest BCUT2D eigenvalue weighted by Crippen LogP contribution is -2.32. The number of para-hydroxylation sites is 2. The van der Waals surface area contributed by atoms with Crippen molar-refractivity contribution in [3.05, 3.63) is 83.1 Å². The first-order valence-electron chi connectivity index (χ1n) is 11.1. The maximum absolute atomic E-state index is 13.0. The van der Waals surface area contributed by atoms with Crippen LogP contribution in [0.5, 0.6) is 17.2 Å². The molecular weight excluding hydrogens is 485 g/mol. The number of fused-ring (bicyclic) bond motifs is 1. The molecule has 36 heavy (non-hydrogen) atoms. The molecule has 8 nitrogen and oxygen atoms in total. The van der Waals surface area contributed by atoms with Crippen LogP contribution in [0.15, 0.2) is 66.7 Å². The summed E-state index contributed by atoms with van der Waals surface area (Å²) in [6.45, 7) is 0.696. The van der Waals surface area contributed by atoms with Gasteiger partial charge in [-0.3, -0.25) is 9.59 Å². The molecule has 0 saturated carbocycles. The van der Waals surface area contributed by atoms with Gasteiger partial charge in [-0.2, -0.15) is 0 Å². The first-order chi connectivity index (χ1) is 17.5. The van der Waals surface area contributed by atoms with Crippen molar-refractivity contribution in [1.82, 2.24) is 15.6 Å². The molecule has 0 aliphatic carbocycles. The number of methoxy groups -OCH3 is 1. The van der Waals surface area contributed by atoms with Gasteiger partial charge in [-0.1, -0.05) is 24.3 Å². The number of ether oxygens (including phenoxy) is 3. The summed E-state index contributed by atoms with van der Waals surface area (Å²) < 4.78 is 30.2. The first kappa shape index (κ1) is 24.9. The van der Waals surface area contributed by atoms with Gasteiger partial charge >= 0.3 is 0 Å². The lowest BCUT2D eigenvalue weighted by molar-refractivity contribution is -0.123. The van der Waals surface area contributed by atoms with Crippen LogP contribution in [0.1, 0.15) is 15.4 Å². The number of benzene rings is 3. The van der Waals surface area contributed by atoms with Gasteiger partial charge in [0.05, 0.1) is 23.9 Å². The zero-order chi connectivity index (χ0) is 25.3. The van der Waals surface area contributed by atoms with E-state index in [0.29, 0.717) is 34.3 Å². The van der Waals surface area contributed by atoms with Crippen LogP contribution in [0.2, 0.25) is 0 Å². The number of amides is 2. The third-order valence-corrected chi connectivity index (χ3v) is 6.06. The van der Waals surface area contributed by atoms with Crippen molar-refractivity contribution in [2.24, 2.45) is 0 Å². The van der Waals surface area contributed by atoms with Gasteiger partial charge in [0.2, 0.25) is 0 Å². The SMILES string of the molecule is COc1ccccc1OCCNC(=O)COc1ccc2nc(C(=O)NCc3ccc(F)cc3)sc2c1. The van der Waals surface area contributed by atoms with E-state index in [2.05, 4.69) is 15.6 Å². The van der Waals surface area contributed by atoms with Gasteiger partial charge in [0.1, 0.15) is 18.2 Å². The number of thiazole rings is 1. The van der Waals surface area contributed by atoms with Gasteiger partial charge in [0, 0.05) is 6.54 Å². The van der Waals surface area contributed by atoms with Gasteiger partial charge < -0.3 is 24.8 Å². The van der Waals surface area contributed by atoms with Gasteiger partial charge in [0.25, 0.3) is 11.8 Å². The topological polar surface area (TPSA) is 98.8 Å². The molecule has 0 aliphatic heterocycles. The van der Waals surface area contributed by atoms with Crippen LogP contribution >= 0.6 is 11.3 Å². The summed E-state index contributed by atoms with van der Waals surface area (Å²) in [5.74, 6) is 0.780. The number of halogens is 1. The second-order valence-electron chi connectivity index (χ2n) is 7.60. The molecule has 0 unspecified atom stereocenters. The van der Waals surface area contributed by atoms with E-state index in [0.717, 1.165) is 10.3 Å². The second kappa shape index (κ2) is 12.0. The van der Waals surface area contributed by atoms with Crippen LogP contribution in [-0.2, 0) is 11.3 Å². The van der Waals surface area contributed by atoms with Crippen molar-refractivity contribution in [2.45, 2.75) is 6.54 Å². The Bertz CT molecular complexity index is 1340. The summed E-state index contributed by atoms with van der Waals surface area (Å²) in [6.07, 6.45) is 0. The molecule has 4 rings (SSSR count). The standard InChI is InChI=1S/C26H24FN3O5S/c1-33-21-4-2-3-5-22(21)34-13-12-28-24(31)16-35-19-10-11-20-23(14-19)36-26(30-20)25(32)29-15-17-6-8-18(27)9-7-17/h2-11,14H,12-13,15-16H2,1H3,(H,28,31)(H,29,32). The van der Waals surface area contributed by atoms with E-state index in [-0.39, 0.29) is 37.4 Å². The summed E-state index contributed by atoms with van der Waals surface area (Å²) in [4.78, 5) is 28.9. The summed E-state index contributed by atoms with van der Waals surface area (Å²) in [6, 6.07) is 18.4. The lowest BCUT2D eigenvalue weighted by atomic mass is 10.2. The zero-order valence-electron chi connectivity index (χ0n) is 19.5. The third-order valence-electron chi connectivity index (χ3n) is 5.04.